The Hall–Kier alpha value is -1.77. The van der Waals surface area contributed by atoms with Gasteiger partial charge in [0.05, 0.1) is 6.54 Å². The monoisotopic (exact) mass is 202 g/mol. The van der Waals surface area contributed by atoms with Crippen LogP contribution in [-0.4, -0.2) is 9.36 Å². The number of rotatable bonds is 2. The molecule has 0 unspecified atom stereocenters. The van der Waals surface area contributed by atoms with Gasteiger partial charge < -0.3 is 0 Å². The van der Waals surface area contributed by atoms with Gasteiger partial charge in [-0.25, -0.2) is 0 Å². The highest BCUT2D eigenvalue weighted by molar-refractivity contribution is 5.15. The molecule has 15 heavy (non-hydrogen) atoms. The average Bonchev–Trinajstić information content (AvgIpc) is 2.47. The fourth-order valence-corrected chi connectivity index (χ4v) is 1.69. The number of aromatic nitrogens is 2. The van der Waals surface area contributed by atoms with Crippen LogP contribution in [-0.2, 0) is 13.6 Å². The molecule has 0 radical (unpaired) electrons. The van der Waals surface area contributed by atoms with Crippen LogP contribution in [0.2, 0.25) is 0 Å². The number of nitrogens with zero attached hydrogens (tertiary/aromatic N) is 2. The van der Waals surface area contributed by atoms with Crippen LogP contribution in [0.15, 0.2) is 41.2 Å². The van der Waals surface area contributed by atoms with E-state index in [1.165, 1.54) is 5.56 Å². The first kappa shape index (κ1) is 9.77. The summed E-state index contributed by atoms with van der Waals surface area (Å²) in [5, 5.41) is 0. The molecule has 0 atom stereocenters. The van der Waals surface area contributed by atoms with E-state index in [2.05, 4.69) is 12.1 Å². The van der Waals surface area contributed by atoms with Crippen LogP contribution < -0.4 is 5.56 Å². The minimum atomic E-state index is 0.0448. The Kier molecular flexibility index (Phi) is 2.46. The van der Waals surface area contributed by atoms with Crippen molar-refractivity contribution in [3.63, 3.8) is 0 Å². The van der Waals surface area contributed by atoms with E-state index in [0.29, 0.717) is 0 Å². The summed E-state index contributed by atoms with van der Waals surface area (Å²) in [4.78, 5) is 11.4. The van der Waals surface area contributed by atoms with E-state index in [-0.39, 0.29) is 5.56 Å². The molecule has 0 saturated carbocycles. The van der Waals surface area contributed by atoms with E-state index in [9.17, 15) is 4.79 Å². The molecule has 3 heteroatoms. The van der Waals surface area contributed by atoms with Gasteiger partial charge in [-0.2, -0.15) is 0 Å². The van der Waals surface area contributed by atoms with Gasteiger partial charge in [0.1, 0.15) is 0 Å². The third kappa shape index (κ3) is 1.86. The minimum Gasteiger partial charge on any atom is -0.283 e. The van der Waals surface area contributed by atoms with Crippen LogP contribution in [0.1, 0.15) is 11.3 Å². The van der Waals surface area contributed by atoms with Gasteiger partial charge >= 0.3 is 0 Å². The molecule has 0 amide bonds. The first-order chi connectivity index (χ1) is 7.18. The maximum absolute atomic E-state index is 11.4. The lowest BCUT2D eigenvalue weighted by Gasteiger charge is -2.09. The third-order valence-electron chi connectivity index (χ3n) is 2.60. The number of aryl methyl sites for hydroxylation is 1. The molecule has 78 valence electrons. The molecular formula is C12H14N2O. The largest absolute Gasteiger partial charge is 0.283 e. The maximum Gasteiger partial charge on any atom is 0.266 e. The standard InChI is InChI=1S/C12H14N2O/c1-10-8-12(15)13(2)14(10)9-11-6-4-3-5-7-11/h3-8H,9H2,1-2H3. The van der Waals surface area contributed by atoms with Crippen LogP contribution in [0.4, 0.5) is 0 Å². The van der Waals surface area contributed by atoms with Gasteiger partial charge in [-0.05, 0) is 12.5 Å². The lowest BCUT2D eigenvalue weighted by Crippen LogP contribution is -2.19. The predicted molar refractivity (Wildman–Crippen MR) is 60.0 cm³/mol. The van der Waals surface area contributed by atoms with Crippen LogP contribution in [0.5, 0.6) is 0 Å². The summed E-state index contributed by atoms with van der Waals surface area (Å²) in [7, 11) is 1.79. The van der Waals surface area contributed by atoms with Gasteiger partial charge in [0, 0.05) is 18.8 Å². The summed E-state index contributed by atoms with van der Waals surface area (Å²) < 4.78 is 3.61. The van der Waals surface area contributed by atoms with Crippen molar-refractivity contribution < 1.29 is 0 Å². The number of benzene rings is 1. The molecule has 0 spiro atoms. The first-order valence-electron chi connectivity index (χ1n) is 4.96. The van der Waals surface area contributed by atoms with Gasteiger partial charge in [-0.15, -0.1) is 0 Å². The van der Waals surface area contributed by atoms with Crippen LogP contribution in [0.3, 0.4) is 0 Å². The lowest BCUT2D eigenvalue weighted by atomic mass is 10.2. The Morgan fingerprint density at radius 1 is 1.20 bits per heavy atom. The molecule has 0 aliphatic heterocycles. The molecule has 1 aromatic carbocycles. The third-order valence-corrected chi connectivity index (χ3v) is 2.60. The highest BCUT2D eigenvalue weighted by atomic mass is 16.1. The molecule has 0 N–H and O–H groups in total. The van der Waals surface area contributed by atoms with Gasteiger partial charge in [0.25, 0.3) is 5.56 Å². The molecule has 0 saturated heterocycles. The van der Waals surface area contributed by atoms with Gasteiger partial charge in [0.2, 0.25) is 0 Å². The zero-order valence-electron chi connectivity index (χ0n) is 8.97. The van der Waals surface area contributed by atoms with E-state index in [1.54, 1.807) is 17.8 Å². The Morgan fingerprint density at radius 3 is 2.40 bits per heavy atom. The fourth-order valence-electron chi connectivity index (χ4n) is 1.69. The predicted octanol–water partition coefficient (Wildman–Crippen LogP) is 1.54. The van der Waals surface area contributed by atoms with Crippen LogP contribution >= 0.6 is 0 Å². The zero-order chi connectivity index (χ0) is 10.8. The van der Waals surface area contributed by atoms with Crippen molar-refractivity contribution in [1.29, 1.82) is 0 Å². The second-order valence-electron chi connectivity index (χ2n) is 3.69. The van der Waals surface area contributed by atoms with Crippen molar-refractivity contribution in [3.8, 4) is 0 Å². The van der Waals surface area contributed by atoms with Gasteiger partial charge in [-0.1, -0.05) is 30.3 Å². The minimum absolute atomic E-state index is 0.0448. The van der Waals surface area contributed by atoms with Gasteiger partial charge in [0.15, 0.2) is 0 Å². The van der Waals surface area contributed by atoms with Crippen molar-refractivity contribution in [3.05, 3.63) is 58.0 Å². The summed E-state index contributed by atoms with van der Waals surface area (Å²) in [6, 6.07) is 11.8. The normalized spacial score (nSPS) is 10.5. The molecule has 1 aromatic heterocycles. The smallest absolute Gasteiger partial charge is 0.266 e. The average molecular weight is 202 g/mol. The molecular weight excluding hydrogens is 188 g/mol. The molecule has 2 rings (SSSR count). The van der Waals surface area contributed by atoms with Crippen molar-refractivity contribution in [2.45, 2.75) is 13.5 Å². The Bertz CT molecular complexity index is 508. The molecule has 0 fully saturated rings. The van der Waals surface area contributed by atoms with Crippen molar-refractivity contribution in [1.82, 2.24) is 9.36 Å². The molecule has 3 nitrogen and oxygen atoms in total. The first-order valence-corrected chi connectivity index (χ1v) is 4.96. The maximum atomic E-state index is 11.4. The van der Waals surface area contributed by atoms with Crippen LogP contribution in [0, 0.1) is 6.92 Å². The summed E-state index contributed by atoms with van der Waals surface area (Å²) in [5.74, 6) is 0. The highest BCUT2D eigenvalue weighted by Crippen LogP contribution is 2.03. The SMILES string of the molecule is Cc1cc(=O)n(C)n1Cc1ccccc1. The quantitative estimate of drug-likeness (QED) is 0.725. The molecule has 0 aliphatic carbocycles. The topological polar surface area (TPSA) is 26.9 Å². The van der Waals surface area contributed by atoms with E-state index in [4.69, 9.17) is 0 Å². The summed E-state index contributed by atoms with van der Waals surface area (Å²) in [6.45, 7) is 2.69. The number of hydrogen-bond donors (Lipinski definition) is 0. The second-order valence-corrected chi connectivity index (χ2v) is 3.69. The van der Waals surface area contributed by atoms with Gasteiger partial charge in [-0.3, -0.25) is 14.2 Å². The van der Waals surface area contributed by atoms with Crippen LogP contribution in [0.25, 0.3) is 0 Å². The number of hydrogen-bond acceptors (Lipinski definition) is 1. The Labute approximate surface area is 88.6 Å². The summed E-state index contributed by atoms with van der Waals surface area (Å²) in [5.41, 5.74) is 2.24. The van der Waals surface area contributed by atoms with Crippen molar-refractivity contribution >= 4 is 0 Å². The lowest BCUT2D eigenvalue weighted by molar-refractivity contribution is 0.526. The van der Waals surface area contributed by atoms with E-state index in [0.717, 1.165) is 12.2 Å². The van der Waals surface area contributed by atoms with E-state index in [1.807, 2.05) is 29.8 Å². The summed E-state index contributed by atoms with van der Waals surface area (Å²) in [6.07, 6.45) is 0. The van der Waals surface area contributed by atoms with E-state index >= 15 is 0 Å². The molecule has 0 aliphatic rings. The Morgan fingerprint density at radius 2 is 1.87 bits per heavy atom. The molecule has 0 bridgehead atoms. The second kappa shape index (κ2) is 3.77. The Balaban J connectivity index is 2.36. The molecule has 1 heterocycles. The highest BCUT2D eigenvalue weighted by Gasteiger charge is 2.04. The zero-order valence-corrected chi connectivity index (χ0v) is 8.97. The van der Waals surface area contributed by atoms with E-state index < -0.39 is 0 Å². The molecule has 2 aromatic rings. The van der Waals surface area contributed by atoms with Crippen molar-refractivity contribution in [2.75, 3.05) is 0 Å². The fraction of sp³-hybridized carbons (Fsp3) is 0.250. The summed E-state index contributed by atoms with van der Waals surface area (Å²) >= 11 is 0. The van der Waals surface area contributed by atoms with Crippen molar-refractivity contribution in [2.24, 2.45) is 7.05 Å².